The van der Waals surface area contributed by atoms with E-state index in [-0.39, 0.29) is 11.7 Å². The lowest BCUT2D eigenvalue weighted by Gasteiger charge is -2.26. The van der Waals surface area contributed by atoms with Crippen molar-refractivity contribution in [2.24, 2.45) is 5.92 Å². The fourth-order valence-corrected chi connectivity index (χ4v) is 2.90. The Labute approximate surface area is 127 Å². The van der Waals surface area contributed by atoms with Crippen molar-refractivity contribution in [3.05, 3.63) is 53.5 Å². The van der Waals surface area contributed by atoms with Crippen molar-refractivity contribution >= 4 is 11.8 Å². The van der Waals surface area contributed by atoms with Crippen LogP contribution in [0.5, 0.6) is 5.75 Å². The molecule has 5 heteroatoms. The highest BCUT2D eigenvalue weighted by Crippen LogP contribution is 2.40. The Morgan fingerprint density at radius 3 is 2.55 bits per heavy atom. The number of rotatable bonds is 3. The van der Waals surface area contributed by atoms with Gasteiger partial charge in [-0.05, 0) is 30.2 Å². The predicted molar refractivity (Wildman–Crippen MR) is 78.0 cm³/mol. The van der Waals surface area contributed by atoms with Crippen molar-refractivity contribution in [3.63, 3.8) is 0 Å². The first-order chi connectivity index (χ1) is 10.7. The van der Waals surface area contributed by atoms with Gasteiger partial charge in [0.05, 0.1) is 26.0 Å². The van der Waals surface area contributed by atoms with Gasteiger partial charge >= 0.3 is 5.97 Å². The van der Waals surface area contributed by atoms with Crippen molar-refractivity contribution in [1.82, 2.24) is 0 Å². The summed E-state index contributed by atoms with van der Waals surface area (Å²) in [5.41, 5.74) is 1.43. The summed E-state index contributed by atoms with van der Waals surface area (Å²) in [7, 11) is 2.90. The summed E-state index contributed by atoms with van der Waals surface area (Å²) in [4.78, 5) is 24.3. The van der Waals surface area contributed by atoms with Gasteiger partial charge in [-0.25, -0.2) is 0 Å². The highest BCUT2D eigenvalue weighted by atomic mass is 16.5. The highest BCUT2D eigenvalue weighted by molar-refractivity contribution is 6.10. The maximum atomic E-state index is 12.4. The number of carbonyl (C=O) groups excluding carboxylic acids is 2. The molecule has 1 aromatic heterocycles. The molecule has 5 nitrogen and oxygen atoms in total. The van der Waals surface area contributed by atoms with Crippen molar-refractivity contribution in [3.8, 4) is 5.75 Å². The molecule has 22 heavy (non-hydrogen) atoms. The summed E-state index contributed by atoms with van der Waals surface area (Å²) >= 11 is 0. The van der Waals surface area contributed by atoms with Crippen LogP contribution < -0.4 is 4.74 Å². The Bertz CT molecular complexity index is 698. The van der Waals surface area contributed by atoms with E-state index in [4.69, 9.17) is 13.9 Å². The maximum Gasteiger partial charge on any atom is 0.316 e. The molecule has 0 saturated carbocycles. The van der Waals surface area contributed by atoms with Crippen LogP contribution in [0.1, 0.15) is 34.0 Å². The lowest BCUT2D eigenvalue weighted by atomic mass is 9.77. The minimum Gasteiger partial charge on any atom is -0.497 e. The molecule has 3 rings (SSSR count). The Kier molecular flexibility index (Phi) is 3.71. The quantitative estimate of drug-likeness (QED) is 0.644. The molecular weight excluding hydrogens is 284 g/mol. The number of hydrogen-bond acceptors (Lipinski definition) is 5. The zero-order valence-corrected chi connectivity index (χ0v) is 12.4. The third-order valence-corrected chi connectivity index (χ3v) is 4.07. The summed E-state index contributed by atoms with van der Waals surface area (Å²) in [6.45, 7) is 0. The van der Waals surface area contributed by atoms with Crippen LogP contribution in [0, 0.1) is 5.92 Å². The minimum absolute atomic E-state index is 0.155. The molecule has 2 atom stereocenters. The number of carbonyl (C=O) groups is 2. The first-order valence-electron chi connectivity index (χ1n) is 6.99. The number of furan rings is 1. The molecule has 2 aromatic rings. The zero-order valence-electron chi connectivity index (χ0n) is 12.4. The van der Waals surface area contributed by atoms with Crippen LogP contribution in [0.4, 0.5) is 0 Å². The van der Waals surface area contributed by atoms with Crippen molar-refractivity contribution < 1.29 is 23.5 Å². The van der Waals surface area contributed by atoms with E-state index in [0.29, 0.717) is 17.7 Å². The van der Waals surface area contributed by atoms with Gasteiger partial charge in [-0.3, -0.25) is 9.59 Å². The molecule has 2 unspecified atom stereocenters. The Balaban J connectivity index is 2.01. The van der Waals surface area contributed by atoms with Gasteiger partial charge in [-0.1, -0.05) is 12.1 Å². The number of Topliss-reactive ketones (excluding diaryl/α,β-unsaturated/α-hetero) is 1. The molecule has 0 aliphatic heterocycles. The fraction of sp³-hybridized carbons (Fsp3) is 0.294. The van der Waals surface area contributed by atoms with Gasteiger partial charge in [0, 0.05) is 5.92 Å². The van der Waals surface area contributed by atoms with Gasteiger partial charge in [0.2, 0.25) is 0 Å². The molecule has 0 amide bonds. The molecule has 0 radical (unpaired) electrons. The second-order valence-electron chi connectivity index (χ2n) is 5.20. The van der Waals surface area contributed by atoms with Crippen LogP contribution in [0.25, 0.3) is 0 Å². The van der Waals surface area contributed by atoms with Gasteiger partial charge in [0.15, 0.2) is 5.78 Å². The number of esters is 1. The van der Waals surface area contributed by atoms with Crippen LogP contribution in [-0.2, 0) is 9.53 Å². The molecule has 0 fully saturated rings. The van der Waals surface area contributed by atoms with Crippen LogP contribution in [0.15, 0.2) is 41.0 Å². The number of methoxy groups -OCH3 is 2. The largest absolute Gasteiger partial charge is 0.497 e. The number of ether oxygens (including phenoxy) is 2. The van der Waals surface area contributed by atoms with E-state index in [1.807, 2.05) is 24.3 Å². The average molecular weight is 300 g/mol. The standard InChI is InChI=1S/C17H16O5/c1-20-11-5-3-10(4-6-11)13-9-14(17(19)21-2)15(18)12-7-8-22-16(12)13/h3-8,13-14H,9H2,1-2H3. The Morgan fingerprint density at radius 2 is 1.91 bits per heavy atom. The van der Waals surface area contributed by atoms with E-state index in [2.05, 4.69) is 0 Å². The molecule has 1 aliphatic rings. The summed E-state index contributed by atoms with van der Waals surface area (Å²) < 4.78 is 15.4. The van der Waals surface area contributed by atoms with Crippen LogP contribution in [0.3, 0.4) is 0 Å². The first kappa shape index (κ1) is 14.4. The minimum atomic E-state index is -0.790. The molecule has 0 spiro atoms. The van der Waals surface area contributed by atoms with E-state index in [9.17, 15) is 9.59 Å². The first-order valence-corrected chi connectivity index (χ1v) is 6.99. The fourth-order valence-electron chi connectivity index (χ4n) is 2.90. The van der Waals surface area contributed by atoms with Crippen molar-refractivity contribution in [2.45, 2.75) is 12.3 Å². The third kappa shape index (κ3) is 2.28. The van der Waals surface area contributed by atoms with Crippen LogP contribution in [-0.4, -0.2) is 26.0 Å². The van der Waals surface area contributed by atoms with Gasteiger partial charge in [-0.15, -0.1) is 0 Å². The molecule has 0 bridgehead atoms. The van der Waals surface area contributed by atoms with Crippen LogP contribution >= 0.6 is 0 Å². The zero-order chi connectivity index (χ0) is 15.7. The molecule has 1 aromatic carbocycles. The molecule has 114 valence electrons. The Hall–Kier alpha value is -2.56. The topological polar surface area (TPSA) is 65.7 Å². The van der Waals surface area contributed by atoms with Crippen molar-refractivity contribution in [1.29, 1.82) is 0 Å². The average Bonchev–Trinajstić information content (AvgIpc) is 3.05. The maximum absolute atomic E-state index is 12.4. The molecule has 1 heterocycles. The van der Waals surface area contributed by atoms with E-state index in [1.165, 1.54) is 13.4 Å². The van der Waals surface area contributed by atoms with Crippen molar-refractivity contribution in [2.75, 3.05) is 14.2 Å². The highest BCUT2D eigenvalue weighted by Gasteiger charge is 2.41. The SMILES string of the molecule is COC(=O)C1CC(c2ccc(OC)cc2)c2occc2C1=O. The normalized spacial score (nSPS) is 20.4. The summed E-state index contributed by atoms with van der Waals surface area (Å²) in [5, 5.41) is 0. The lowest BCUT2D eigenvalue weighted by molar-refractivity contribution is -0.144. The second kappa shape index (κ2) is 5.67. The van der Waals surface area contributed by atoms with Gasteiger partial charge in [0.1, 0.15) is 17.4 Å². The summed E-state index contributed by atoms with van der Waals surface area (Å²) in [6.07, 6.45) is 1.83. The van der Waals surface area contributed by atoms with Gasteiger partial charge in [0.25, 0.3) is 0 Å². The number of hydrogen-bond donors (Lipinski definition) is 0. The number of ketones is 1. The van der Waals surface area contributed by atoms with E-state index >= 15 is 0 Å². The van der Waals surface area contributed by atoms with Crippen LogP contribution in [0.2, 0.25) is 0 Å². The number of benzene rings is 1. The smallest absolute Gasteiger partial charge is 0.316 e. The number of fused-ring (bicyclic) bond motifs is 1. The monoisotopic (exact) mass is 300 g/mol. The Morgan fingerprint density at radius 1 is 1.18 bits per heavy atom. The summed E-state index contributed by atoms with van der Waals surface area (Å²) in [5.74, 6) is -0.328. The predicted octanol–water partition coefficient (Wildman–Crippen LogP) is 2.80. The van der Waals surface area contributed by atoms with E-state index in [1.54, 1.807) is 13.2 Å². The lowest BCUT2D eigenvalue weighted by Crippen LogP contribution is -2.32. The summed E-state index contributed by atoms with van der Waals surface area (Å²) in [6, 6.07) is 9.15. The molecular formula is C17H16O5. The molecule has 0 saturated heterocycles. The van der Waals surface area contributed by atoms with Gasteiger partial charge < -0.3 is 13.9 Å². The van der Waals surface area contributed by atoms with E-state index in [0.717, 1.165) is 11.3 Å². The second-order valence-corrected chi connectivity index (χ2v) is 5.20. The van der Waals surface area contributed by atoms with E-state index < -0.39 is 11.9 Å². The van der Waals surface area contributed by atoms with Gasteiger partial charge in [-0.2, -0.15) is 0 Å². The third-order valence-electron chi connectivity index (χ3n) is 4.07. The molecule has 1 aliphatic carbocycles. The molecule has 0 N–H and O–H groups in total.